The molecular weight excluding hydrogens is 412 g/mol. The molecule has 174 valence electrons. The number of tetrazole rings is 1. The molecule has 7 heteroatoms. The van der Waals surface area contributed by atoms with E-state index in [1.165, 1.54) is 36.0 Å². The highest BCUT2D eigenvalue weighted by atomic mass is 16.5. The smallest absolute Gasteiger partial charge is 0.173 e. The summed E-state index contributed by atoms with van der Waals surface area (Å²) >= 11 is 0. The third-order valence-corrected chi connectivity index (χ3v) is 7.01. The third-order valence-electron chi connectivity index (χ3n) is 7.01. The Kier molecular flexibility index (Phi) is 7.07. The molecule has 3 aromatic rings. The molecule has 2 fully saturated rings. The third kappa shape index (κ3) is 5.31. The maximum atomic E-state index is 6.07. The molecule has 0 N–H and O–H groups in total. The van der Waals surface area contributed by atoms with Gasteiger partial charge in [0, 0.05) is 32.1 Å². The Balaban J connectivity index is 1.55. The van der Waals surface area contributed by atoms with Crippen LogP contribution in [0.15, 0.2) is 48.8 Å². The zero-order valence-corrected chi connectivity index (χ0v) is 19.5. The maximum Gasteiger partial charge on any atom is 0.173 e. The van der Waals surface area contributed by atoms with Crippen LogP contribution in [-0.2, 0) is 11.3 Å². The quantitative estimate of drug-likeness (QED) is 0.502. The van der Waals surface area contributed by atoms with Crippen molar-refractivity contribution < 1.29 is 4.74 Å². The van der Waals surface area contributed by atoms with E-state index in [4.69, 9.17) is 4.74 Å². The van der Waals surface area contributed by atoms with Crippen LogP contribution >= 0.6 is 0 Å². The van der Waals surface area contributed by atoms with Gasteiger partial charge in [-0.3, -0.25) is 9.88 Å². The Morgan fingerprint density at radius 1 is 1.06 bits per heavy atom. The van der Waals surface area contributed by atoms with Gasteiger partial charge in [-0.05, 0) is 60.2 Å². The van der Waals surface area contributed by atoms with E-state index in [1.807, 2.05) is 18.5 Å². The van der Waals surface area contributed by atoms with Crippen LogP contribution in [0.2, 0.25) is 0 Å². The Hall–Kier alpha value is -2.64. The minimum absolute atomic E-state index is 0.0491. The van der Waals surface area contributed by atoms with Crippen molar-refractivity contribution in [2.45, 2.75) is 76.6 Å². The van der Waals surface area contributed by atoms with Gasteiger partial charge in [0.05, 0.1) is 18.2 Å². The highest BCUT2D eigenvalue weighted by Gasteiger charge is 2.33. The first kappa shape index (κ1) is 22.2. The molecule has 1 aromatic carbocycles. The fourth-order valence-corrected chi connectivity index (χ4v) is 5.28. The average molecular weight is 447 g/mol. The molecule has 1 saturated carbocycles. The summed E-state index contributed by atoms with van der Waals surface area (Å²) in [7, 11) is 0. The van der Waals surface area contributed by atoms with Crippen LogP contribution in [0.1, 0.15) is 79.5 Å². The largest absolute Gasteiger partial charge is 0.377 e. The summed E-state index contributed by atoms with van der Waals surface area (Å²) in [6.07, 6.45) is 12.3. The summed E-state index contributed by atoms with van der Waals surface area (Å²) in [6.45, 7) is 4.58. The SMILES string of the molecule is Cc1ccc(C(c2nnnn2C2CCCCC2)N(Cc2cccnc2)CC2CCCO2)cc1. The van der Waals surface area contributed by atoms with Crippen molar-refractivity contribution in [3.63, 3.8) is 0 Å². The van der Waals surface area contributed by atoms with Gasteiger partial charge >= 0.3 is 0 Å². The van der Waals surface area contributed by atoms with Crippen molar-refractivity contribution >= 4 is 0 Å². The van der Waals surface area contributed by atoms with Crippen molar-refractivity contribution in [1.29, 1.82) is 0 Å². The van der Waals surface area contributed by atoms with Crippen molar-refractivity contribution in [2.75, 3.05) is 13.2 Å². The van der Waals surface area contributed by atoms with Crippen molar-refractivity contribution in [3.05, 3.63) is 71.3 Å². The summed E-state index contributed by atoms with van der Waals surface area (Å²) < 4.78 is 8.19. The van der Waals surface area contributed by atoms with Gasteiger partial charge in [0.15, 0.2) is 5.82 Å². The van der Waals surface area contributed by atoms with E-state index in [1.54, 1.807) is 0 Å². The van der Waals surface area contributed by atoms with Crippen LogP contribution in [0.25, 0.3) is 0 Å². The number of pyridine rings is 1. The van der Waals surface area contributed by atoms with Gasteiger partial charge in [-0.1, -0.05) is 55.2 Å². The van der Waals surface area contributed by atoms with Crippen LogP contribution in [0.4, 0.5) is 0 Å². The predicted molar refractivity (Wildman–Crippen MR) is 127 cm³/mol. The van der Waals surface area contributed by atoms with Crippen molar-refractivity contribution in [3.8, 4) is 0 Å². The Bertz CT molecular complexity index is 993. The normalized spacial score (nSPS) is 20.4. The minimum Gasteiger partial charge on any atom is -0.377 e. The molecule has 2 aliphatic rings. The van der Waals surface area contributed by atoms with Crippen molar-refractivity contribution in [2.24, 2.45) is 0 Å². The molecule has 0 bridgehead atoms. The molecule has 1 aliphatic carbocycles. The van der Waals surface area contributed by atoms with Gasteiger partial charge in [0.25, 0.3) is 0 Å². The Morgan fingerprint density at radius 2 is 1.91 bits per heavy atom. The molecular formula is C26H34N6O. The molecule has 5 rings (SSSR count). The second-order valence-corrected chi connectivity index (χ2v) is 9.51. The first-order valence-corrected chi connectivity index (χ1v) is 12.4. The topological polar surface area (TPSA) is 69.0 Å². The van der Waals surface area contributed by atoms with E-state index in [-0.39, 0.29) is 12.1 Å². The van der Waals surface area contributed by atoms with Crippen LogP contribution in [0, 0.1) is 6.92 Å². The molecule has 1 saturated heterocycles. The van der Waals surface area contributed by atoms with Gasteiger partial charge in [0.2, 0.25) is 0 Å². The van der Waals surface area contributed by atoms with Gasteiger partial charge in [-0.25, -0.2) is 4.68 Å². The van der Waals surface area contributed by atoms with Gasteiger partial charge < -0.3 is 4.74 Å². The second-order valence-electron chi connectivity index (χ2n) is 9.51. The van der Waals surface area contributed by atoms with E-state index >= 15 is 0 Å². The molecule has 2 unspecified atom stereocenters. The lowest BCUT2D eigenvalue weighted by Gasteiger charge is -2.34. The highest BCUT2D eigenvalue weighted by Crippen LogP contribution is 2.34. The lowest BCUT2D eigenvalue weighted by atomic mass is 9.94. The van der Waals surface area contributed by atoms with Crippen LogP contribution in [0.5, 0.6) is 0 Å². The molecule has 2 atom stereocenters. The molecule has 0 spiro atoms. The number of nitrogens with zero attached hydrogens (tertiary/aromatic N) is 6. The number of hydrogen-bond donors (Lipinski definition) is 0. The monoisotopic (exact) mass is 446 g/mol. The number of rotatable bonds is 8. The van der Waals surface area contributed by atoms with Gasteiger partial charge in [-0.2, -0.15) is 0 Å². The van der Waals surface area contributed by atoms with Crippen LogP contribution in [0.3, 0.4) is 0 Å². The van der Waals surface area contributed by atoms with Gasteiger partial charge in [-0.15, -0.1) is 5.10 Å². The summed E-state index contributed by atoms with van der Waals surface area (Å²) in [5, 5.41) is 13.3. The van der Waals surface area contributed by atoms with Crippen LogP contribution < -0.4 is 0 Å². The average Bonchev–Trinajstić information content (AvgIpc) is 3.54. The highest BCUT2D eigenvalue weighted by molar-refractivity contribution is 5.29. The molecule has 7 nitrogen and oxygen atoms in total. The number of hydrogen-bond acceptors (Lipinski definition) is 6. The zero-order valence-electron chi connectivity index (χ0n) is 19.5. The molecule has 1 aliphatic heterocycles. The summed E-state index contributed by atoms with van der Waals surface area (Å²) in [4.78, 5) is 6.85. The first-order chi connectivity index (χ1) is 16.3. The first-order valence-electron chi connectivity index (χ1n) is 12.4. The Labute approximate surface area is 196 Å². The number of benzene rings is 1. The zero-order chi connectivity index (χ0) is 22.5. The standard InChI is InChI=1S/C26H34N6O/c1-20-11-13-22(14-12-20)25(26-28-29-30-32(26)23-8-3-2-4-9-23)31(19-24-10-6-16-33-24)18-21-7-5-15-27-17-21/h5,7,11-15,17,23-25H,2-4,6,8-10,16,18-19H2,1H3. The van der Waals surface area contributed by atoms with Gasteiger partial charge in [0.1, 0.15) is 0 Å². The Morgan fingerprint density at radius 3 is 2.64 bits per heavy atom. The van der Waals surface area contributed by atoms with Crippen molar-refractivity contribution in [1.82, 2.24) is 30.1 Å². The summed E-state index contributed by atoms with van der Waals surface area (Å²) in [5.74, 6) is 0.938. The summed E-state index contributed by atoms with van der Waals surface area (Å²) in [5.41, 5.74) is 3.65. The minimum atomic E-state index is -0.0491. The van der Waals surface area contributed by atoms with E-state index in [2.05, 4.69) is 67.3 Å². The van der Waals surface area contributed by atoms with E-state index < -0.39 is 0 Å². The molecule has 33 heavy (non-hydrogen) atoms. The number of aromatic nitrogens is 5. The van der Waals surface area contributed by atoms with E-state index in [0.717, 1.165) is 51.2 Å². The maximum absolute atomic E-state index is 6.07. The van der Waals surface area contributed by atoms with E-state index in [0.29, 0.717) is 6.04 Å². The second kappa shape index (κ2) is 10.5. The molecule has 0 radical (unpaired) electrons. The summed E-state index contributed by atoms with van der Waals surface area (Å²) in [6, 6.07) is 13.3. The molecule has 2 aromatic heterocycles. The lowest BCUT2D eigenvalue weighted by molar-refractivity contribution is 0.0569. The predicted octanol–water partition coefficient (Wildman–Crippen LogP) is 4.65. The van der Waals surface area contributed by atoms with E-state index in [9.17, 15) is 0 Å². The number of aryl methyl sites for hydroxylation is 1. The molecule has 0 amide bonds. The van der Waals surface area contributed by atoms with Crippen LogP contribution in [-0.4, -0.2) is 49.3 Å². The lowest BCUT2D eigenvalue weighted by Crippen LogP contribution is -2.37. The fraction of sp³-hybridized carbons (Fsp3) is 0.538. The number of ether oxygens (including phenoxy) is 1. The molecule has 3 heterocycles. The fourth-order valence-electron chi connectivity index (χ4n) is 5.28.